The number of hydrogen-bond donors (Lipinski definition) is 2. The van der Waals surface area contributed by atoms with Crippen molar-refractivity contribution in [3.8, 4) is 0 Å². The van der Waals surface area contributed by atoms with Crippen molar-refractivity contribution in [2.24, 2.45) is 5.92 Å². The average molecular weight is 460 g/mol. The van der Waals surface area contributed by atoms with E-state index in [1.807, 2.05) is 13.8 Å². The fourth-order valence-corrected chi connectivity index (χ4v) is 5.03. The monoisotopic (exact) mass is 459 g/mol. The van der Waals surface area contributed by atoms with Crippen molar-refractivity contribution < 1.29 is 32.1 Å². The van der Waals surface area contributed by atoms with Crippen LogP contribution in [0.4, 0.5) is 5.69 Å². The van der Waals surface area contributed by atoms with Crippen LogP contribution >= 0.6 is 0 Å². The van der Waals surface area contributed by atoms with Crippen LogP contribution in [0, 0.1) is 5.92 Å². The van der Waals surface area contributed by atoms with E-state index in [2.05, 4.69) is 0 Å². The molecule has 0 bridgehead atoms. The van der Waals surface area contributed by atoms with Gasteiger partial charge >= 0.3 is 5.97 Å². The van der Waals surface area contributed by atoms with Crippen molar-refractivity contribution in [3.05, 3.63) is 35.9 Å². The Labute approximate surface area is 185 Å². The first-order valence-corrected chi connectivity index (χ1v) is 12.1. The quantitative estimate of drug-likeness (QED) is 0.522. The summed E-state index contributed by atoms with van der Waals surface area (Å²) in [6.07, 6.45) is 4.59. The number of carbonyl (C=O) groups excluding carboxylic acids is 1. The molecule has 1 aliphatic carbocycles. The Morgan fingerprint density at radius 3 is 2.28 bits per heavy atom. The predicted molar refractivity (Wildman–Crippen MR) is 120 cm³/mol. The van der Waals surface area contributed by atoms with Gasteiger partial charge in [0.25, 0.3) is 10.1 Å². The van der Waals surface area contributed by atoms with Gasteiger partial charge in [0.15, 0.2) is 0 Å². The second-order valence-electron chi connectivity index (χ2n) is 8.54. The fourth-order valence-electron chi connectivity index (χ4n) is 4.52. The normalized spacial score (nSPS) is 15.5. The van der Waals surface area contributed by atoms with Gasteiger partial charge in [-0.1, -0.05) is 19.3 Å². The van der Waals surface area contributed by atoms with Crippen LogP contribution in [-0.2, 0) is 14.9 Å². The summed E-state index contributed by atoms with van der Waals surface area (Å²) in [5.41, 5.74) is 0.776. The SMILES string of the molecule is CC(C)N(C(=O)C1CCCCC1)c1cc2c(cc1C(=O)O)oc1ccc(S(=O)(=O)O)cc12. The van der Waals surface area contributed by atoms with Crippen molar-refractivity contribution >= 4 is 49.6 Å². The molecule has 0 spiro atoms. The van der Waals surface area contributed by atoms with Gasteiger partial charge in [-0.05, 0) is 57.0 Å². The second kappa shape index (κ2) is 8.22. The minimum atomic E-state index is -4.43. The highest BCUT2D eigenvalue weighted by Crippen LogP contribution is 2.37. The summed E-state index contributed by atoms with van der Waals surface area (Å²) < 4.78 is 38.4. The Balaban J connectivity index is 1.94. The van der Waals surface area contributed by atoms with E-state index in [9.17, 15) is 27.7 Å². The van der Waals surface area contributed by atoms with E-state index in [0.717, 1.165) is 32.1 Å². The molecule has 8 nitrogen and oxygen atoms in total. The molecule has 9 heteroatoms. The molecule has 4 rings (SSSR count). The summed E-state index contributed by atoms with van der Waals surface area (Å²) >= 11 is 0. The highest BCUT2D eigenvalue weighted by atomic mass is 32.2. The van der Waals surface area contributed by atoms with Crippen LogP contribution in [0.25, 0.3) is 21.9 Å². The molecular formula is C23H25NO7S. The minimum absolute atomic E-state index is 0.0654. The van der Waals surface area contributed by atoms with Crippen LogP contribution < -0.4 is 4.90 Å². The molecule has 0 radical (unpaired) electrons. The van der Waals surface area contributed by atoms with Gasteiger partial charge in [0.2, 0.25) is 5.91 Å². The average Bonchev–Trinajstić information content (AvgIpc) is 3.10. The third-order valence-electron chi connectivity index (χ3n) is 6.06. The molecule has 1 amide bonds. The number of hydrogen-bond acceptors (Lipinski definition) is 5. The number of nitrogens with zero attached hydrogens (tertiary/aromatic N) is 1. The molecule has 0 unspecified atom stereocenters. The Morgan fingerprint density at radius 2 is 1.69 bits per heavy atom. The first kappa shape index (κ1) is 22.3. The Bertz CT molecular complexity index is 1320. The van der Waals surface area contributed by atoms with Gasteiger partial charge in [0.1, 0.15) is 11.2 Å². The number of carbonyl (C=O) groups is 2. The lowest BCUT2D eigenvalue weighted by molar-refractivity contribution is -0.123. The van der Waals surface area contributed by atoms with Crippen molar-refractivity contribution in [2.45, 2.75) is 56.9 Å². The van der Waals surface area contributed by atoms with Crippen LogP contribution in [0.15, 0.2) is 39.6 Å². The van der Waals surface area contributed by atoms with Crippen molar-refractivity contribution in [2.75, 3.05) is 4.90 Å². The number of rotatable bonds is 5. The molecular weight excluding hydrogens is 434 g/mol. The highest BCUT2D eigenvalue weighted by molar-refractivity contribution is 7.85. The summed E-state index contributed by atoms with van der Waals surface area (Å²) in [4.78, 5) is 26.8. The molecule has 170 valence electrons. The third kappa shape index (κ3) is 3.98. The standard InChI is InChI=1S/C23H25NO7S/c1-13(2)24(22(25)14-6-4-3-5-7-14)19-11-17-16-10-15(32(28,29)30)8-9-20(16)31-21(17)12-18(19)23(26)27/h8-14H,3-7H2,1-2H3,(H,26,27)(H,28,29,30). The lowest BCUT2D eigenvalue weighted by atomic mass is 9.87. The lowest BCUT2D eigenvalue weighted by Crippen LogP contribution is -2.42. The molecule has 0 saturated heterocycles. The summed E-state index contributed by atoms with van der Waals surface area (Å²) in [7, 11) is -4.43. The number of aromatic carboxylic acids is 1. The maximum absolute atomic E-state index is 13.4. The van der Waals surface area contributed by atoms with Crippen LogP contribution in [0.5, 0.6) is 0 Å². The molecule has 2 N–H and O–H groups in total. The highest BCUT2D eigenvalue weighted by Gasteiger charge is 2.31. The Kier molecular flexibility index (Phi) is 5.72. The van der Waals surface area contributed by atoms with Gasteiger partial charge in [0.05, 0.1) is 16.1 Å². The minimum Gasteiger partial charge on any atom is -0.478 e. The maximum Gasteiger partial charge on any atom is 0.337 e. The summed E-state index contributed by atoms with van der Waals surface area (Å²) in [5, 5.41) is 10.8. The first-order valence-electron chi connectivity index (χ1n) is 10.6. The van der Waals surface area contributed by atoms with Crippen molar-refractivity contribution in [1.82, 2.24) is 0 Å². The number of carboxylic acid groups (broad SMARTS) is 1. The Morgan fingerprint density at radius 1 is 1.03 bits per heavy atom. The predicted octanol–water partition coefficient (Wildman–Crippen LogP) is 4.85. The molecule has 0 aliphatic heterocycles. The smallest absolute Gasteiger partial charge is 0.337 e. The van der Waals surface area contributed by atoms with Crippen LogP contribution in [0.2, 0.25) is 0 Å². The van der Waals surface area contributed by atoms with Crippen molar-refractivity contribution in [1.29, 1.82) is 0 Å². The van der Waals surface area contributed by atoms with Crippen LogP contribution in [0.3, 0.4) is 0 Å². The van der Waals surface area contributed by atoms with E-state index in [1.165, 1.54) is 29.2 Å². The molecule has 1 heterocycles. The van der Waals surface area contributed by atoms with E-state index in [0.29, 0.717) is 16.4 Å². The second-order valence-corrected chi connectivity index (χ2v) is 9.96. The lowest BCUT2D eigenvalue weighted by Gasteiger charge is -2.33. The fraction of sp³-hybridized carbons (Fsp3) is 0.391. The topological polar surface area (TPSA) is 125 Å². The zero-order valence-corrected chi connectivity index (χ0v) is 18.7. The number of furan rings is 1. The third-order valence-corrected chi connectivity index (χ3v) is 6.90. The Hall–Kier alpha value is -2.91. The number of benzene rings is 2. The van der Waals surface area contributed by atoms with Gasteiger partial charge < -0.3 is 14.4 Å². The van der Waals surface area contributed by atoms with Crippen LogP contribution in [0.1, 0.15) is 56.3 Å². The molecule has 1 saturated carbocycles. The summed E-state index contributed by atoms with van der Waals surface area (Å²) in [6, 6.07) is 6.55. The summed E-state index contributed by atoms with van der Waals surface area (Å²) in [5.74, 6) is -1.45. The summed E-state index contributed by atoms with van der Waals surface area (Å²) in [6.45, 7) is 3.67. The molecule has 1 aromatic heterocycles. The van der Waals surface area contributed by atoms with Gasteiger partial charge in [0, 0.05) is 22.7 Å². The number of anilines is 1. The zero-order valence-electron chi connectivity index (χ0n) is 17.9. The number of fused-ring (bicyclic) bond motifs is 3. The molecule has 3 aromatic rings. The molecule has 32 heavy (non-hydrogen) atoms. The first-order chi connectivity index (χ1) is 15.1. The zero-order chi connectivity index (χ0) is 23.2. The molecule has 1 aliphatic rings. The molecule has 1 fully saturated rings. The largest absolute Gasteiger partial charge is 0.478 e. The number of amides is 1. The van der Waals surface area contributed by atoms with Gasteiger partial charge in [-0.3, -0.25) is 9.35 Å². The van der Waals surface area contributed by atoms with Gasteiger partial charge in [-0.2, -0.15) is 8.42 Å². The van der Waals surface area contributed by atoms with Gasteiger partial charge in [-0.25, -0.2) is 4.79 Å². The van der Waals surface area contributed by atoms with E-state index in [4.69, 9.17) is 4.42 Å². The van der Waals surface area contributed by atoms with E-state index in [-0.39, 0.29) is 39.6 Å². The number of carboxylic acids is 1. The van der Waals surface area contributed by atoms with Gasteiger partial charge in [-0.15, -0.1) is 0 Å². The van der Waals surface area contributed by atoms with Crippen molar-refractivity contribution in [3.63, 3.8) is 0 Å². The molecule has 0 atom stereocenters. The van der Waals surface area contributed by atoms with E-state index >= 15 is 0 Å². The van der Waals surface area contributed by atoms with Crippen LogP contribution in [-0.4, -0.2) is 36.0 Å². The maximum atomic E-state index is 13.4. The van der Waals surface area contributed by atoms with E-state index in [1.54, 1.807) is 6.07 Å². The van der Waals surface area contributed by atoms with E-state index < -0.39 is 16.1 Å². The molecule has 2 aromatic carbocycles.